The molecule has 5 aliphatic rings. The van der Waals surface area contributed by atoms with Crippen LogP contribution in [0.4, 0.5) is 4.79 Å². The quantitative estimate of drug-likeness (QED) is 0.273. The first kappa shape index (κ1) is 23.6. The molecule has 0 aromatic carbocycles. The molecule has 184 valence electrons. The van der Waals surface area contributed by atoms with Crippen molar-refractivity contribution in [1.29, 1.82) is 0 Å². The number of hydrogen-bond donors (Lipinski definition) is 0. The first-order valence-corrected chi connectivity index (χ1v) is 15.7. The van der Waals surface area contributed by atoms with Crippen LogP contribution in [-0.2, 0) is 18.7 Å². The highest BCUT2D eigenvalue weighted by Crippen LogP contribution is 2.74. The molecular weight excluding hydrogens is 432 g/mol. The van der Waals surface area contributed by atoms with E-state index in [4.69, 9.17) is 13.9 Å². The van der Waals surface area contributed by atoms with E-state index in [0.717, 1.165) is 12.0 Å². The zero-order chi connectivity index (χ0) is 24.5. The minimum atomic E-state index is -2.20. The zero-order valence-corrected chi connectivity index (χ0v) is 23.1. The van der Waals surface area contributed by atoms with Gasteiger partial charge in [0.15, 0.2) is 25.8 Å². The average Bonchev–Trinajstić information content (AvgIpc) is 2.95. The normalized spacial score (nSPS) is 47.9. The van der Waals surface area contributed by atoms with Crippen molar-refractivity contribution >= 4 is 20.3 Å². The minimum Gasteiger partial charge on any atom is -0.426 e. The number of hydrogen-bond acceptors (Lipinski definition) is 5. The summed E-state index contributed by atoms with van der Waals surface area (Å²) < 4.78 is 19.3. The lowest BCUT2D eigenvalue weighted by Crippen LogP contribution is -2.59. The number of fused-ring (bicyclic) bond motifs is 3. The molecule has 9 atom stereocenters. The maximum Gasteiger partial charge on any atom is 0.509 e. The van der Waals surface area contributed by atoms with Crippen LogP contribution in [-0.4, -0.2) is 38.1 Å². The minimum absolute atomic E-state index is 0.0170. The molecule has 33 heavy (non-hydrogen) atoms. The van der Waals surface area contributed by atoms with Gasteiger partial charge in [-0.2, -0.15) is 0 Å². The Bertz CT molecular complexity index is 945. The molecule has 1 aliphatic heterocycles. The molecule has 4 aliphatic carbocycles. The largest absolute Gasteiger partial charge is 0.509 e. The molecule has 5 rings (SSSR count). The Kier molecular flexibility index (Phi) is 4.67. The molecule has 2 bridgehead atoms. The highest BCUT2D eigenvalue weighted by molar-refractivity contribution is 6.74. The number of carbonyl (C=O) groups is 2. The summed E-state index contributed by atoms with van der Waals surface area (Å²) in [5, 5.41) is 0.0170. The number of carbonyl (C=O) groups excluding carboxylic acids is 2. The molecule has 6 heteroatoms. The van der Waals surface area contributed by atoms with Crippen molar-refractivity contribution in [3.8, 4) is 0 Å². The maximum atomic E-state index is 14.9. The standard InChI is InChI=1S/C27H42O5Si/c1-14-12-26-15(2)11-17-19(25(17,7)8)18(21(26)28)20(32-33(9,10)24(4,5)6)16(3)22-27(26,13-14)31-23(29)30-22/h12,15-20,22H,11,13H2,1-10H3/t15-,16+,17?,18-,19?,20-,22-,26+,27?/m1/s1. The van der Waals surface area contributed by atoms with Crippen LogP contribution in [0.25, 0.3) is 0 Å². The molecule has 4 fully saturated rings. The summed E-state index contributed by atoms with van der Waals surface area (Å²) in [6.07, 6.45) is 2.32. The van der Waals surface area contributed by atoms with E-state index in [1.165, 1.54) is 0 Å². The SMILES string of the molecule is CC1=C[C@@]23C(=O)[C@H](C4C(C[C@H]2C)C4(C)C)[C@H](O[Si](C)(C)C(C)(C)C)[C@H](C)[C@H]2OC(=O)OC23C1. The number of ketones is 1. The fourth-order valence-corrected chi connectivity index (χ4v) is 9.52. The van der Waals surface area contributed by atoms with Crippen LogP contribution in [0.2, 0.25) is 18.1 Å². The zero-order valence-electron chi connectivity index (χ0n) is 22.1. The predicted molar refractivity (Wildman–Crippen MR) is 129 cm³/mol. The van der Waals surface area contributed by atoms with Gasteiger partial charge in [-0.05, 0) is 54.6 Å². The third kappa shape index (κ3) is 2.74. The first-order valence-electron chi connectivity index (χ1n) is 12.8. The van der Waals surface area contributed by atoms with Gasteiger partial charge in [0.1, 0.15) is 0 Å². The second kappa shape index (κ2) is 6.54. The van der Waals surface area contributed by atoms with Crippen molar-refractivity contribution in [3.05, 3.63) is 11.6 Å². The Morgan fingerprint density at radius 2 is 1.79 bits per heavy atom. The Balaban J connectivity index is 1.73. The molecule has 3 unspecified atom stereocenters. The van der Waals surface area contributed by atoms with Crippen molar-refractivity contribution in [2.24, 2.45) is 40.4 Å². The summed E-state index contributed by atoms with van der Waals surface area (Å²) in [5.74, 6) is 0.775. The molecule has 0 amide bonds. The lowest BCUT2D eigenvalue weighted by Gasteiger charge is -2.45. The third-order valence-electron chi connectivity index (χ3n) is 10.9. The summed E-state index contributed by atoms with van der Waals surface area (Å²) in [6, 6.07) is 0. The Labute approximate surface area is 200 Å². The van der Waals surface area contributed by atoms with Gasteiger partial charge in [-0.15, -0.1) is 0 Å². The molecule has 3 saturated carbocycles. The molecule has 0 aromatic heterocycles. The van der Waals surface area contributed by atoms with E-state index in [9.17, 15) is 9.59 Å². The smallest absolute Gasteiger partial charge is 0.426 e. The summed E-state index contributed by atoms with van der Waals surface area (Å²) in [7, 11) is -2.20. The van der Waals surface area contributed by atoms with Crippen LogP contribution in [0.5, 0.6) is 0 Å². The van der Waals surface area contributed by atoms with Gasteiger partial charge in [0.25, 0.3) is 0 Å². The van der Waals surface area contributed by atoms with Gasteiger partial charge >= 0.3 is 6.16 Å². The van der Waals surface area contributed by atoms with E-state index >= 15 is 0 Å². The predicted octanol–water partition coefficient (Wildman–Crippen LogP) is 6.13. The Morgan fingerprint density at radius 3 is 2.39 bits per heavy atom. The summed E-state index contributed by atoms with van der Waals surface area (Å²) in [6.45, 7) is 22.3. The summed E-state index contributed by atoms with van der Waals surface area (Å²) in [4.78, 5) is 27.6. The van der Waals surface area contributed by atoms with Gasteiger partial charge in [0, 0.05) is 18.3 Å². The number of Topliss-reactive ketones (excluding diaryl/α,β-unsaturated/α-hetero) is 1. The molecule has 0 radical (unpaired) electrons. The lowest BCUT2D eigenvalue weighted by molar-refractivity contribution is -0.148. The van der Waals surface area contributed by atoms with E-state index in [2.05, 4.69) is 74.6 Å². The summed E-state index contributed by atoms with van der Waals surface area (Å²) >= 11 is 0. The molecule has 2 spiro atoms. The second-order valence-electron chi connectivity index (χ2n) is 14.0. The molecular formula is C27H42O5Si. The topological polar surface area (TPSA) is 61.8 Å². The average molecular weight is 475 g/mol. The third-order valence-corrected chi connectivity index (χ3v) is 15.3. The molecule has 1 heterocycles. The van der Waals surface area contributed by atoms with Crippen molar-refractivity contribution in [2.75, 3.05) is 0 Å². The molecule has 0 aromatic rings. The van der Waals surface area contributed by atoms with Crippen LogP contribution in [0.3, 0.4) is 0 Å². The van der Waals surface area contributed by atoms with Crippen LogP contribution in [0.15, 0.2) is 11.6 Å². The van der Waals surface area contributed by atoms with Gasteiger partial charge in [-0.1, -0.05) is 60.1 Å². The number of rotatable bonds is 2. The van der Waals surface area contributed by atoms with Crippen LogP contribution >= 0.6 is 0 Å². The maximum absolute atomic E-state index is 14.9. The van der Waals surface area contributed by atoms with Gasteiger partial charge in [0.2, 0.25) is 0 Å². The van der Waals surface area contributed by atoms with E-state index in [1.807, 2.05) is 0 Å². The van der Waals surface area contributed by atoms with Gasteiger partial charge in [0.05, 0.1) is 11.5 Å². The fourth-order valence-electron chi connectivity index (χ4n) is 8.13. The second-order valence-corrected chi connectivity index (χ2v) is 18.8. The molecule has 1 saturated heterocycles. The van der Waals surface area contributed by atoms with Crippen molar-refractivity contribution in [1.82, 2.24) is 0 Å². The van der Waals surface area contributed by atoms with Crippen molar-refractivity contribution in [3.63, 3.8) is 0 Å². The van der Waals surface area contributed by atoms with E-state index in [-0.39, 0.29) is 40.1 Å². The van der Waals surface area contributed by atoms with E-state index < -0.39 is 31.6 Å². The van der Waals surface area contributed by atoms with Gasteiger partial charge in [-0.25, -0.2) is 4.79 Å². The monoisotopic (exact) mass is 474 g/mol. The van der Waals surface area contributed by atoms with Crippen molar-refractivity contribution in [2.45, 2.75) is 104 Å². The molecule has 0 N–H and O–H groups in total. The summed E-state index contributed by atoms with van der Waals surface area (Å²) in [5.41, 5.74) is -0.536. The van der Waals surface area contributed by atoms with Gasteiger partial charge < -0.3 is 13.9 Å². The van der Waals surface area contributed by atoms with Crippen LogP contribution in [0, 0.1) is 40.4 Å². The van der Waals surface area contributed by atoms with Crippen molar-refractivity contribution < 1.29 is 23.5 Å². The first-order chi connectivity index (χ1) is 15.0. The Hall–Kier alpha value is -1.14. The van der Waals surface area contributed by atoms with Crippen LogP contribution < -0.4 is 0 Å². The number of ether oxygens (including phenoxy) is 2. The van der Waals surface area contributed by atoms with E-state index in [1.54, 1.807) is 0 Å². The van der Waals surface area contributed by atoms with E-state index in [0.29, 0.717) is 18.3 Å². The highest BCUT2D eigenvalue weighted by atomic mass is 28.4. The molecule has 5 nitrogen and oxygen atoms in total. The Morgan fingerprint density at radius 1 is 1.15 bits per heavy atom. The van der Waals surface area contributed by atoms with Gasteiger partial charge in [-0.3, -0.25) is 4.79 Å². The highest BCUT2D eigenvalue weighted by Gasteiger charge is 2.80. The van der Waals surface area contributed by atoms with Crippen LogP contribution in [0.1, 0.15) is 68.2 Å². The fraction of sp³-hybridized carbons (Fsp3) is 0.852. The lowest BCUT2D eigenvalue weighted by atomic mass is 9.59.